The van der Waals surface area contributed by atoms with Gasteiger partial charge in [0.2, 0.25) is 5.03 Å². The van der Waals surface area contributed by atoms with Crippen LogP contribution in [0.4, 0.5) is 11.5 Å². The van der Waals surface area contributed by atoms with Crippen LogP contribution in [-0.4, -0.2) is 17.8 Å². The highest BCUT2D eigenvalue weighted by molar-refractivity contribution is 7.92. The highest BCUT2D eigenvalue weighted by Crippen LogP contribution is 2.26. The number of thiazole rings is 1. The fourth-order valence-corrected chi connectivity index (χ4v) is 4.20. The zero-order valence-electron chi connectivity index (χ0n) is 11.5. The fraction of sp³-hybridized carbons (Fsp3) is 0.154. The minimum Gasteiger partial charge on any atom is -0.381 e. The van der Waals surface area contributed by atoms with Crippen LogP contribution in [0.25, 0.3) is 4.96 Å². The molecule has 0 aliphatic rings. The molecule has 3 rings (SSSR count). The Balaban J connectivity index is 2.10. The second kappa shape index (κ2) is 4.74. The first kappa shape index (κ1) is 13.9. The van der Waals surface area contributed by atoms with E-state index in [0.29, 0.717) is 10.6 Å². The molecule has 0 bridgehead atoms. The van der Waals surface area contributed by atoms with Gasteiger partial charge < -0.3 is 5.73 Å². The van der Waals surface area contributed by atoms with Crippen molar-refractivity contribution >= 4 is 37.8 Å². The average molecular weight is 322 g/mol. The van der Waals surface area contributed by atoms with Crippen molar-refractivity contribution < 1.29 is 8.42 Å². The molecule has 2 aromatic heterocycles. The first-order valence-electron chi connectivity index (χ1n) is 6.19. The van der Waals surface area contributed by atoms with E-state index in [1.165, 1.54) is 15.7 Å². The number of nitrogen functional groups attached to an aromatic ring is 1. The normalized spacial score (nSPS) is 11.9. The highest BCUT2D eigenvalue weighted by atomic mass is 32.2. The van der Waals surface area contributed by atoms with E-state index in [9.17, 15) is 8.42 Å². The van der Waals surface area contributed by atoms with Crippen molar-refractivity contribution in [1.82, 2.24) is 9.38 Å². The molecular formula is C13H14N4O2S2. The number of aromatic nitrogens is 2. The monoisotopic (exact) mass is 322 g/mol. The molecule has 1 aromatic carbocycles. The third-order valence-electron chi connectivity index (χ3n) is 3.14. The topological polar surface area (TPSA) is 89.5 Å². The maximum absolute atomic E-state index is 12.6. The smallest absolute Gasteiger partial charge is 0.281 e. The highest BCUT2D eigenvalue weighted by Gasteiger charge is 2.25. The van der Waals surface area contributed by atoms with Crippen LogP contribution in [-0.2, 0) is 10.0 Å². The van der Waals surface area contributed by atoms with Crippen molar-refractivity contribution in [1.29, 1.82) is 0 Å². The lowest BCUT2D eigenvalue weighted by molar-refractivity contribution is 0.597. The fourth-order valence-electron chi connectivity index (χ4n) is 2.09. The summed E-state index contributed by atoms with van der Waals surface area (Å²) in [5, 5.41) is 1.73. The standard InChI is InChI=1S/C13H14N4O2S2/c1-8-3-4-9(2)10(7-8)16-21(18,19)12-11(14)15-13-17(12)5-6-20-13/h3-7,16H,14H2,1-2H3. The number of sulfonamides is 1. The summed E-state index contributed by atoms with van der Waals surface area (Å²) in [6.45, 7) is 3.75. The summed E-state index contributed by atoms with van der Waals surface area (Å²) in [5.41, 5.74) is 8.12. The molecular weight excluding hydrogens is 308 g/mol. The Hall–Kier alpha value is -2.06. The van der Waals surface area contributed by atoms with E-state index in [0.717, 1.165) is 11.1 Å². The van der Waals surface area contributed by atoms with Crippen LogP contribution < -0.4 is 10.5 Å². The lowest BCUT2D eigenvalue weighted by atomic mass is 10.1. The number of rotatable bonds is 3. The summed E-state index contributed by atoms with van der Waals surface area (Å²) in [5.74, 6) is -0.000318. The maximum atomic E-state index is 12.6. The van der Waals surface area contributed by atoms with Crippen LogP contribution in [0.15, 0.2) is 34.8 Å². The van der Waals surface area contributed by atoms with Crippen molar-refractivity contribution in [2.24, 2.45) is 0 Å². The summed E-state index contributed by atoms with van der Waals surface area (Å²) < 4.78 is 29.3. The van der Waals surface area contributed by atoms with E-state index >= 15 is 0 Å². The summed E-state index contributed by atoms with van der Waals surface area (Å²) in [4.78, 5) is 4.61. The van der Waals surface area contributed by atoms with E-state index in [-0.39, 0.29) is 10.8 Å². The summed E-state index contributed by atoms with van der Waals surface area (Å²) in [7, 11) is -3.80. The third kappa shape index (κ3) is 2.36. The summed E-state index contributed by atoms with van der Waals surface area (Å²) in [6, 6.07) is 5.58. The first-order chi connectivity index (χ1) is 9.88. The van der Waals surface area contributed by atoms with Crippen molar-refractivity contribution in [2.45, 2.75) is 18.9 Å². The van der Waals surface area contributed by atoms with Gasteiger partial charge in [-0.3, -0.25) is 9.12 Å². The Labute approximate surface area is 126 Å². The Morgan fingerprint density at radius 1 is 1.33 bits per heavy atom. The molecule has 0 amide bonds. The molecule has 0 saturated carbocycles. The van der Waals surface area contributed by atoms with Gasteiger partial charge in [0.15, 0.2) is 10.8 Å². The van der Waals surface area contributed by atoms with Gasteiger partial charge in [0.1, 0.15) is 0 Å². The minimum atomic E-state index is -3.80. The van der Waals surface area contributed by atoms with Gasteiger partial charge >= 0.3 is 0 Å². The molecule has 6 nitrogen and oxygen atoms in total. The van der Waals surface area contributed by atoms with Gasteiger partial charge in [0, 0.05) is 11.6 Å². The van der Waals surface area contributed by atoms with Crippen molar-refractivity contribution in [2.75, 3.05) is 10.5 Å². The number of anilines is 2. The number of nitrogens with zero attached hydrogens (tertiary/aromatic N) is 2. The number of benzene rings is 1. The SMILES string of the molecule is Cc1ccc(C)c(NS(=O)(=O)c2c(N)nc3sccn23)c1. The number of hydrogen-bond donors (Lipinski definition) is 2. The van der Waals surface area contributed by atoms with Crippen LogP contribution in [0.1, 0.15) is 11.1 Å². The maximum Gasteiger partial charge on any atom is 0.281 e. The van der Waals surface area contributed by atoms with Crippen LogP contribution in [0.2, 0.25) is 0 Å². The molecule has 3 aromatic rings. The molecule has 2 heterocycles. The first-order valence-corrected chi connectivity index (χ1v) is 8.56. The van der Waals surface area contributed by atoms with Crippen molar-refractivity contribution in [3.63, 3.8) is 0 Å². The number of hydrogen-bond acceptors (Lipinski definition) is 5. The molecule has 8 heteroatoms. The van der Waals surface area contributed by atoms with Gasteiger partial charge in [-0.25, -0.2) is 4.98 Å². The lowest BCUT2D eigenvalue weighted by Gasteiger charge is -2.11. The average Bonchev–Trinajstić information content (AvgIpc) is 2.92. The molecule has 3 N–H and O–H groups in total. The van der Waals surface area contributed by atoms with Gasteiger partial charge in [-0.15, -0.1) is 11.3 Å². The zero-order chi connectivity index (χ0) is 15.2. The Bertz CT molecular complexity index is 925. The van der Waals surface area contributed by atoms with E-state index in [2.05, 4.69) is 9.71 Å². The van der Waals surface area contributed by atoms with E-state index in [4.69, 9.17) is 5.73 Å². The van der Waals surface area contributed by atoms with E-state index in [1.807, 2.05) is 26.0 Å². The Morgan fingerprint density at radius 2 is 2.10 bits per heavy atom. The second-order valence-electron chi connectivity index (χ2n) is 4.78. The molecule has 0 aliphatic carbocycles. The number of nitrogens with two attached hydrogens (primary N) is 1. The van der Waals surface area contributed by atoms with E-state index < -0.39 is 10.0 Å². The van der Waals surface area contributed by atoms with Gasteiger partial charge in [-0.2, -0.15) is 8.42 Å². The molecule has 0 aliphatic heterocycles. The molecule has 0 radical (unpaired) electrons. The molecule has 0 saturated heterocycles. The Morgan fingerprint density at radius 3 is 2.86 bits per heavy atom. The second-order valence-corrected chi connectivity index (χ2v) is 7.25. The summed E-state index contributed by atoms with van der Waals surface area (Å²) in [6.07, 6.45) is 1.64. The van der Waals surface area contributed by atoms with Gasteiger partial charge in [-0.05, 0) is 31.0 Å². The van der Waals surface area contributed by atoms with Crippen LogP contribution in [0.5, 0.6) is 0 Å². The molecule has 110 valence electrons. The van der Waals surface area contributed by atoms with E-state index in [1.54, 1.807) is 17.6 Å². The predicted molar refractivity (Wildman–Crippen MR) is 84.2 cm³/mol. The third-order valence-corrected chi connectivity index (χ3v) is 5.30. The van der Waals surface area contributed by atoms with Gasteiger partial charge in [-0.1, -0.05) is 12.1 Å². The Kier molecular flexibility index (Phi) is 3.14. The summed E-state index contributed by atoms with van der Waals surface area (Å²) >= 11 is 1.33. The molecule has 0 fully saturated rings. The van der Waals surface area contributed by atoms with Crippen LogP contribution in [0, 0.1) is 13.8 Å². The number of nitrogens with one attached hydrogen (secondary N) is 1. The van der Waals surface area contributed by atoms with Gasteiger partial charge in [0.25, 0.3) is 10.0 Å². The van der Waals surface area contributed by atoms with Crippen molar-refractivity contribution in [3.8, 4) is 0 Å². The number of fused-ring (bicyclic) bond motifs is 1. The van der Waals surface area contributed by atoms with Gasteiger partial charge in [0.05, 0.1) is 5.69 Å². The van der Waals surface area contributed by atoms with Crippen LogP contribution >= 0.6 is 11.3 Å². The largest absolute Gasteiger partial charge is 0.381 e. The molecule has 21 heavy (non-hydrogen) atoms. The minimum absolute atomic E-state index is 0.000318. The molecule has 0 atom stereocenters. The number of imidazole rings is 1. The molecule has 0 unspecified atom stereocenters. The molecule has 0 spiro atoms. The quantitative estimate of drug-likeness (QED) is 0.775. The van der Waals surface area contributed by atoms with Crippen molar-refractivity contribution in [3.05, 3.63) is 40.9 Å². The predicted octanol–water partition coefficient (Wildman–Crippen LogP) is 2.40. The zero-order valence-corrected chi connectivity index (χ0v) is 13.1. The van der Waals surface area contributed by atoms with Crippen LogP contribution in [0.3, 0.4) is 0 Å². The number of aryl methyl sites for hydroxylation is 2. The lowest BCUT2D eigenvalue weighted by Crippen LogP contribution is -2.17.